The first kappa shape index (κ1) is 17.9. The highest BCUT2D eigenvalue weighted by atomic mass is 19.1. The zero-order valence-corrected chi connectivity index (χ0v) is 14.7. The number of hydrogen-bond acceptors (Lipinski definition) is 4. The van der Waals surface area contributed by atoms with Gasteiger partial charge in [0.05, 0.1) is 6.10 Å². The molecule has 1 amide bonds. The maximum absolute atomic E-state index is 13.9. The maximum Gasteiger partial charge on any atom is 0.260 e. The Hall–Kier alpha value is -2.54. The van der Waals surface area contributed by atoms with E-state index in [0.717, 1.165) is 36.6 Å². The van der Waals surface area contributed by atoms with Gasteiger partial charge >= 0.3 is 0 Å². The van der Waals surface area contributed by atoms with E-state index in [9.17, 15) is 18.7 Å². The van der Waals surface area contributed by atoms with Crippen LogP contribution in [0.2, 0.25) is 0 Å². The van der Waals surface area contributed by atoms with E-state index in [1.807, 2.05) is 0 Å². The second kappa shape index (κ2) is 7.23. The molecule has 2 heterocycles. The van der Waals surface area contributed by atoms with E-state index in [1.165, 1.54) is 4.90 Å². The van der Waals surface area contributed by atoms with Crippen molar-refractivity contribution < 1.29 is 23.4 Å². The Morgan fingerprint density at radius 1 is 1.22 bits per heavy atom. The molecule has 7 heteroatoms. The van der Waals surface area contributed by atoms with E-state index < -0.39 is 17.7 Å². The number of ether oxygens (including phenoxy) is 1. The molecular formula is C20H20F2N2O3. The van der Waals surface area contributed by atoms with Gasteiger partial charge in [-0.1, -0.05) is 6.42 Å². The average Bonchev–Trinajstić information content (AvgIpc) is 2.97. The molecule has 4 rings (SSSR count). The van der Waals surface area contributed by atoms with E-state index in [-0.39, 0.29) is 36.5 Å². The van der Waals surface area contributed by atoms with Gasteiger partial charge in [-0.05, 0) is 49.1 Å². The van der Waals surface area contributed by atoms with Gasteiger partial charge in [0.25, 0.3) is 5.91 Å². The summed E-state index contributed by atoms with van der Waals surface area (Å²) in [7, 11) is 0. The molecule has 2 aromatic rings. The lowest BCUT2D eigenvalue weighted by Crippen LogP contribution is -2.35. The average molecular weight is 374 g/mol. The Balaban J connectivity index is 1.56. The third-order valence-corrected chi connectivity index (χ3v) is 5.16. The molecular weight excluding hydrogens is 354 g/mol. The second-order valence-corrected chi connectivity index (χ2v) is 7.06. The quantitative estimate of drug-likeness (QED) is 0.893. The fourth-order valence-corrected chi connectivity index (χ4v) is 3.72. The first-order valence-electron chi connectivity index (χ1n) is 9.08. The molecule has 0 spiro atoms. The lowest BCUT2D eigenvalue weighted by molar-refractivity contribution is 0.00397. The molecule has 27 heavy (non-hydrogen) atoms. The summed E-state index contributed by atoms with van der Waals surface area (Å²) < 4.78 is 33.2. The van der Waals surface area contributed by atoms with Crippen LogP contribution in [0.15, 0.2) is 30.5 Å². The lowest BCUT2D eigenvalue weighted by Gasteiger charge is -2.28. The summed E-state index contributed by atoms with van der Waals surface area (Å²) in [6.45, 7) is 0.235. The van der Waals surface area contributed by atoms with Gasteiger partial charge in [-0.15, -0.1) is 0 Å². The Labute approximate surface area is 155 Å². The van der Waals surface area contributed by atoms with Gasteiger partial charge in [0.2, 0.25) is 5.88 Å². The fraction of sp³-hybridized carbons (Fsp3) is 0.400. The van der Waals surface area contributed by atoms with E-state index >= 15 is 0 Å². The minimum absolute atomic E-state index is 0.0391. The van der Waals surface area contributed by atoms with Crippen molar-refractivity contribution in [2.24, 2.45) is 0 Å². The van der Waals surface area contributed by atoms with Crippen LogP contribution in [-0.4, -0.2) is 33.1 Å². The van der Waals surface area contributed by atoms with Gasteiger partial charge < -0.3 is 14.7 Å². The third kappa shape index (κ3) is 3.51. The number of carbonyl (C=O) groups excluding carboxylic acids is 1. The van der Waals surface area contributed by atoms with E-state index in [2.05, 4.69) is 4.98 Å². The minimum atomic E-state index is -0.578. The van der Waals surface area contributed by atoms with Crippen LogP contribution in [0.4, 0.5) is 8.78 Å². The van der Waals surface area contributed by atoms with Crippen LogP contribution in [0.1, 0.15) is 47.2 Å². The summed E-state index contributed by atoms with van der Waals surface area (Å²) in [4.78, 5) is 18.5. The normalized spacial score (nSPS) is 22.0. The van der Waals surface area contributed by atoms with Crippen LogP contribution in [-0.2, 0) is 13.1 Å². The molecule has 1 saturated carbocycles. The zero-order valence-electron chi connectivity index (χ0n) is 14.7. The van der Waals surface area contributed by atoms with Gasteiger partial charge in [-0.3, -0.25) is 4.79 Å². The van der Waals surface area contributed by atoms with Crippen molar-refractivity contribution in [1.82, 2.24) is 9.88 Å². The van der Waals surface area contributed by atoms with E-state index in [0.29, 0.717) is 18.4 Å². The predicted molar refractivity (Wildman–Crippen MR) is 93.1 cm³/mol. The summed E-state index contributed by atoms with van der Waals surface area (Å²) >= 11 is 0. The lowest BCUT2D eigenvalue weighted by atomic mass is 9.95. The van der Waals surface area contributed by atoms with Crippen molar-refractivity contribution in [1.29, 1.82) is 0 Å². The molecule has 1 aromatic heterocycles. The van der Waals surface area contributed by atoms with Crippen molar-refractivity contribution in [3.63, 3.8) is 0 Å². The molecule has 1 fully saturated rings. The van der Waals surface area contributed by atoms with Gasteiger partial charge in [-0.25, -0.2) is 13.8 Å². The first-order valence-corrected chi connectivity index (χ1v) is 9.08. The Morgan fingerprint density at radius 2 is 2.04 bits per heavy atom. The largest absolute Gasteiger partial charge is 0.471 e. The highest BCUT2D eigenvalue weighted by molar-refractivity contribution is 6.00. The molecule has 0 radical (unpaired) electrons. The minimum Gasteiger partial charge on any atom is -0.471 e. The van der Waals surface area contributed by atoms with Crippen LogP contribution >= 0.6 is 0 Å². The molecule has 142 valence electrons. The molecule has 2 aliphatic rings. The highest BCUT2D eigenvalue weighted by Gasteiger charge is 2.34. The Kier molecular flexibility index (Phi) is 4.78. The van der Waals surface area contributed by atoms with Crippen LogP contribution in [0.3, 0.4) is 0 Å². The molecule has 2 atom stereocenters. The smallest absolute Gasteiger partial charge is 0.260 e. The molecule has 2 unspecified atom stereocenters. The van der Waals surface area contributed by atoms with Crippen LogP contribution in [0.25, 0.3) is 0 Å². The van der Waals surface area contributed by atoms with Crippen molar-refractivity contribution in [2.45, 2.75) is 51.0 Å². The van der Waals surface area contributed by atoms with Crippen molar-refractivity contribution in [2.75, 3.05) is 0 Å². The van der Waals surface area contributed by atoms with Gasteiger partial charge in [0.1, 0.15) is 23.3 Å². The van der Waals surface area contributed by atoms with Crippen LogP contribution in [0, 0.1) is 11.6 Å². The predicted octanol–water partition coefficient (Wildman–Crippen LogP) is 3.20. The second-order valence-electron chi connectivity index (χ2n) is 7.06. The number of halogens is 2. The topological polar surface area (TPSA) is 62.7 Å². The number of aromatic nitrogens is 1. The summed E-state index contributed by atoms with van der Waals surface area (Å²) in [5, 5.41) is 10.1. The first-order chi connectivity index (χ1) is 13.0. The number of carbonyl (C=O) groups is 1. The Bertz CT molecular complexity index is 874. The number of amides is 1. The van der Waals surface area contributed by atoms with Crippen molar-refractivity contribution >= 4 is 5.91 Å². The number of fused-ring (bicyclic) bond motifs is 1. The number of aliphatic hydroxyl groups is 1. The molecule has 5 nitrogen and oxygen atoms in total. The zero-order chi connectivity index (χ0) is 19.0. The van der Waals surface area contributed by atoms with E-state index in [4.69, 9.17) is 4.74 Å². The summed E-state index contributed by atoms with van der Waals surface area (Å²) in [6, 6.07) is 4.92. The highest BCUT2D eigenvalue weighted by Crippen LogP contribution is 2.33. The number of nitrogens with zero attached hydrogens (tertiary/aromatic N) is 2. The molecule has 1 N–H and O–H groups in total. The van der Waals surface area contributed by atoms with Crippen LogP contribution in [0.5, 0.6) is 5.88 Å². The summed E-state index contributed by atoms with van der Waals surface area (Å²) in [5.74, 6) is -1.24. The number of aliphatic hydroxyl groups excluding tert-OH is 1. The maximum atomic E-state index is 13.9. The van der Waals surface area contributed by atoms with Gasteiger partial charge in [0.15, 0.2) is 0 Å². The van der Waals surface area contributed by atoms with Crippen molar-refractivity contribution in [3.05, 3.63) is 58.8 Å². The standard InChI is InChI=1S/C20H20F2N2O3/c21-14-5-6-15(22)13(9-14)11-24-10-12-7-8-23-19(18(12)20(24)26)27-17-4-2-1-3-16(17)25/h5-9,16-17,25H,1-4,10-11H2. The molecule has 1 aromatic carbocycles. The molecule has 1 aliphatic heterocycles. The number of pyridine rings is 1. The Morgan fingerprint density at radius 3 is 2.85 bits per heavy atom. The molecule has 1 aliphatic carbocycles. The number of benzene rings is 1. The summed E-state index contributed by atoms with van der Waals surface area (Å²) in [6.07, 6.45) is 3.87. The SMILES string of the molecule is O=C1c2c(ccnc2OC2CCCCC2O)CN1Cc1cc(F)ccc1F. The van der Waals surface area contributed by atoms with Gasteiger partial charge in [0, 0.05) is 24.8 Å². The number of rotatable bonds is 4. The molecule has 0 bridgehead atoms. The number of hydrogen-bond donors (Lipinski definition) is 1. The van der Waals surface area contributed by atoms with Crippen molar-refractivity contribution in [3.8, 4) is 5.88 Å². The molecule has 0 saturated heterocycles. The summed E-state index contributed by atoms with van der Waals surface area (Å²) in [5.41, 5.74) is 1.19. The van der Waals surface area contributed by atoms with Crippen LogP contribution < -0.4 is 4.74 Å². The monoisotopic (exact) mass is 374 g/mol. The van der Waals surface area contributed by atoms with Gasteiger partial charge in [-0.2, -0.15) is 0 Å². The third-order valence-electron chi connectivity index (χ3n) is 5.16. The fourth-order valence-electron chi connectivity index (χ4n) is 3.72. The van der Waals surface area contributed by atoms with E-state index in [1.54, 1.807) is 12.3 Å².